The van der Waals surface area contributed by atoms with Crippen LogP contribution in [0.1, 0.15) is 16.7 Å². The molecule has 1 aromatic rings. The first-order valence-corrected chi connectivity index (χ1v) is 6.08. The van der Waals surface area contributed by atoms with E-state index in [9.17, 15) is 0 Å². The van der Waals surface area contributed by atoms with Gasteiger partial charge in [0.1, 0.15) is 0 Å². The highest BCUT2D eigenvalue weighted by atomic mass is 16.5. The fourth-order valence-electron chi connectivity index (χ4n) is 1.73. The lowest BCUT2D eigenvalue weighted by Crippen LogP contribution is -2.21. The quantitative estimate of drug-likeness (QED) is 0.702. The summed E-state index contributed by atoms with van der Waals surface area (Å²) in [6.07, 6.45) is 0. The summed E-state index contributed by atoms with van der Waals surface area (Å²) in [6, 6.07) is 6.40. The lowest BCUT2D eigenvalue weighted by Gasteiger charge is -2.11. The number of rotatable bonds is 8. The van der Waals surface area contributed by atoms with Gasteiger partial charge in [-0.05, 0) is 30.5 Å². The van der Waals surface area contributed by atoms with Crippen LogP contribution in [0.5, 0.6) is 0 Å². The summed E-state index contributed by atoms with van der Waals surface area (Å²) in [6.45, 7) is 8.15. The molecule has 1 N–H and O–H groups in total. The molecule has 96 valence electrons. The monoisotopic (exact) mass is 237 g/mol. The Kier molecular flexibility index (Phi) is 6.86. The van der Waals surface area contributed by atoms with E-state index < -0.39 is 0 Å². The van der Waals surface area contributed by atoms with E-state index in [4.69, 9.17) is 9.47 Å². The van der Waals surface area contributed by atoms with Crippen molar-refractivity contribution in [2.24, 2.45) is 0 Å². The third-order valence-corrected chi connectivity index (χ3v) is 2.80. The van der Waals surface area contributed by atoms with Crippen molar-refractivity contribution in [2.45, 2.75) is 20.4 Å². The lowest BCUT2D eigenvalue weighted by atomic mass is 10.0. The van der Waals surface area contributed by atoms with E-state index in [1.165, 1.54) is 16.7 Å². The fraction of sp³-hybridized carbons (Fsp3) is 0.571. The first kappa shape index (κ1) is 14.2. The molecule has 0 saturated carbocycles. The predicted octanol–water partition coefficient (Wildman–Crippen LogP) is 2.06. The zero-order valence-electron chi connectivity index (χ0n) is 11.1. The van der Waals surface area contributed by atoms with Crippen LogP contribution in [0.25, 0.3) is 0 Å². The maximum atomic E-state index is 5.38. The van der Waals surface area contributed by atoms with Crippen LogP contribution in [0.3, 0.4) is 0 Å². The lowest BCUT2D eigenvalue weighted by molar-refractivity contribution is 0.0719. The number of hydrogen-bond acceptors (Lipinski definition) is 3. The van der Waals surface area contributed by atoms with Crippen LogP contribution >= 0.6 is 0 Å². The minimum atomic E-state index is 0.664. The average Bonchev–Trinajstić information content (AvgIpc) is 2.31. The van der Waals surface area contributed by atoms with Gasteiger partial charge < -0.3 is 14.8 Å². The van der Waals surface area contributed by atoms with Crippen LogP contribution in [-0.4, -0.2) is 33.5 Å². The summed E-state index contributed by atoms with van der Waals surface area (Å²) >= 11 is 0. The van der Waals surface area contributed by atoms with Gasteiger partial charge in [-0.15, -0.1) is 0 Å². The normalized spacial score (nSPS) is 10.8. The maximum Gasteiger partial charge on any atom is 0.0700 e. The summed E-state index contributed by atoms with van der Waals surface area (Å²) in [5.74, 6) is 0. The summed E-state index contributed by atoms with van der Waals surface area (Å²) in [7, 11) is 1.68. The Morgan fingerprint density at radius 3 is 2.41 bits per heavy atom. The van der Waals surface area contributed by atoms with Crippen LogP contribution in [0, 0.1) is 13.8 Å². The molecule has 17 heavy (non-hydrogen) atoms. The molecule has 0 amide bonds. The highest BCUT2D eigenvalue weighted by Crippen LogP contribution is 2.12. The molecule has 0 radical (unpaired) electrons. The zero-order valence-corrected chi connectivity index (χ0v) is 11.1. The fourth-order valence-corrected chi connectivity index (χ4v) is 1.73. The van der Waals surface area contributed by atoms with Gasteiger partial charge in [0, 0.05) is 20.2 Å². The van der Waals surface area contributed by atoms with Gasteiger partial charge in [-0.3, -0.25) is 0 Å². The van der Waals surface area contributed by atoms with Crippen LogP contribution in [0.4, 0.5) is 0 Å². The topological polar surface area (TPSA) is 30.5 Å². The van der Waals surface area contributed by atoms with Crippen molar-refractivity contribution in [3.63, 3.8) is 0 Å². The number of ether oxygens (including phenoxy) is 2. The van der Waals surface area contributed by atoms with Crippen LogP contribution in [0.2, 0.25) is 0 Å². The second-order valence-corrected chi connectivity index (χ2v) is 4.15. The van der Waals surface area contributed by atoms with Gasteiger partial charge in [-0.25, -0.2) is 0 Å². The number of nitrogens with one attached hydrogen (secondary N) is 1. The van der Waals surface area contributed by atoms with E-state index in [-0.39, 0.29) is 0 Å². The Labute approximate surface area is 104 Å². The number of benzene rings is 1. The molecule has 0 aliphatic carbocycles. The Balaban J connectivity index is 2.18. The molecule has 0 aliphatic heterocycles. The van der Waals surface area contributed by atoms with Crippen molar-refractivity contribution in [1.29, 1.82) is 0 Å². The van der Waals surface area contributed by atoms with Crippen molar-refractivity contribution in [2.75, 3.05) is 33.5 Å². The van der Waals surface area contributed by atoms with Gasteiger partial charge in [0.05, 0.1) is 19.8 Å². The first-order chi connectivity index (χ1) is 8.25. The largest absolute Gasteiger partial charge is 0.382 e. The molecule has 0 spiro atoms. The molecule has 0 unspecified atom stereocenters. The van der Waals surface area contributed by atoms with E-state index in [1.807, 2.05) is 0 Å². The Morgan fingerprint density at radius 1 is 1.06 bits per heavy atom. The minimum absolute atomic E-state index is 0.664. The summed E-state index contributed by atoms with van der Waals surface area (Å²) in [4.78, 5) is 0. The Morgan fingerprint density at radius 2 is 1.76 bits per heavy atom. The number of aryl methyl sites for hydroxylation is 2. The molecular weight excluding hydrogens is 214 g/mol. The summed E-state index contributed by atoms with van der Waals surface area (Å²) < 4.78 is 10.3. The van der Waals surface area contributed by atoms with Gasteiger partial charge in [0.15, 0.2) is 0 Å². The Bertz CT molecular complexity index is 306. The van der Waals surface area contributed by atoms with Crippen LogP contribution < -0.4 is 5.32 Å². The molecule has 0 saturated heterocycles. The summed E-state index contributed by atoms with van der Waals surface area (Å²) in [5.41, 5.74) is 4.08. The van der Waals surface area contributed by atoms with E-state index in [0.29, 0.717) is 13.2 Å². The zero-order chi connectivity index (χ0) is 12.5. The van der Waals surface area contributed by atoms with Gasteiger partial charge in [-0.2, -0.15) is 0 Å². The molecule has 1 rings (SSSR count). The Hall–Kier alpha value is -0.900. The van der Waals surface area contributed by atoms with E-state index >= 15 is 0 Å². The van der Waals surface area contributed by atoms with Gasteiger partial charge in [0.2, 0.25) is 0 Å². The molecular formula is C14H23NO2. The molecule has 3 heteroatoms. The standard InChI is InChI=1S/C14H23NO2/c1-12-5-4-6-13(2)14(12)11-15-7-8-17-10-9-16-3/h4-6,15H,7-11H2,1-3H3. The minimum Gasteiger partial charge on any atom is -0.382 e. The first-order valence-electron chi connectivity index (χ1n) is 6.08. The predicted molar refractivity (Wildman–Crippen MR) is 70.3 cm³/mol. The SMILES string of the molecule is COCCOCCNCc1c(C)cccc1C. The molecule has 0 aromatic heterocycles. The molecule has 0 fully saturated rings. The molecule has 0 heterocycles. The van der Waals surface area contributed by atoms with E-state index in [1.54, 1.807) is 7.11 Å². The third kappa shape index (κ3) is 5.31. The molecule has 1 aromatic carbocycles. The highest BCUT2D eigenvalue weighted by Gasteiger charge is 2.00. The summed E-state index contributed by atoms with van der Waals surface area (Å²) in [5, 5.41) is 3.39. The number of methoxy groups -OCH3 is 1. The van der Waals surface area contributed by atoms with Crippen LogP contribution in [-0.2, 0) is 16.0 Å². The van der Waals surface area contributed by atoms with Crippen molar-refractivity contribution < 1.29 is 9.47 Å². The highest BCUT2D eigenvalue weighted by molar-refractivity contribution is 5.33. The third-order valence-electron chi connectivity index (χ3n) is 2.80. The van der Waals surface area contributed by atoms with Crippen molar-refractivity contribution in [3.8, 4) is 0 Å². The van der Waals surface area contributed by atoms with Crippen molar-refractivity contribution in [3.05, 3.63) is 34.9 Å². The van der Waals surface area contributed by atoms with E-state index in [2.05, 4.69) is 37.4 Å². The van der Waals surface area contributed by atoms with Crippen LogP contribution in [0.15, 0.2) is 18.2 Å². The van der Waals surface area contributed by atoms with E-state index in [0.717, 1.165) is 19.7 Å². The number of hydrogen-bond donors (Lipinski definition) is 1. The molecule has 0 bridgehead atoms. The smallest absolute Gasteiger partial charge is 0.0700 e. The molecule has 0 aliphatic rings. The maximum absolute atomic E-state index is 5.38. The second-order valence-electron chi connectivity index (χ2n) is 4.15. The molecule has 3 nitrogen and oxygen atoms in total. The van der Waals surface area contributed by atoms with Gasteiger partial charge in [0.25, 0.3) is 0 Å². The van der Waals surface area contributed by atoms with Gasteiger partial charge in [-0.1, -0.05) is 18.2 Å². The second kappa shape index (κ2) is 8.23. The van der Waals surface area contributed by atoms with Crippen molar-refractivity contribution >= 4 is 0 Å². The average molecular weight is 237 g/mol. The molecule has 0 atom stereocenters. The van der Waals surface area contributed by atoms with Gasteiger partial charge >= 0.3 is 0 Å². The van der Waals surface area contributed by atoms with Crippen molar-refractivity contribution in [1.82, 2.24) is 5.32 Å².